The van der Waals surface area contributed by atoms with E-state index < -0.39 is 0 Å². The Morgan fingerprint density at radius 1 is 0.812 bits per heavy atom. The second-order valence-electron chi connectivity index (χ2n) is 11.5. The van der Waals surface area contributed by atoms with Gasteiger partial charge in [0.25, 0.3) is 0 Å². The fourth-order valence-electron chi connectivity index (χ4n) is 4.86. The highest BCUT2D eigenvalue weighted by atomic mass is 16.3. The van der Waals surface area contributed by atoms with E-state index >= 15 is 0 Å². The summed E-state index contributed by atoms with van der Waals surface area (Å²) in [5.74, 6) is 0.469. The second kappa shape index (κ2) is 8.42. The molecule has 3 nitrogen and oxygen atoms in total. The van der Waals surface area contributed by atoms with Crippen LogP contribution in [0.5, 0.6) is 11.5 Å². The van der Waals surface area contributed by atoms with Gasteiger partial charge in [0.05, 0.1) is 0 Å². The van der Waals surface area contributed by atoms with E-state index in [0.29, 0.717) is 12.8 Å². The first-order valence-electron chi connectivity index (χ1n) is 11.6. The van der Waals surface area contributed by atoms with Gasteiger partial charge in [-0.05, 0) is 54.2 Å². The van der Waals surface area contributed by atoms with Gasteiger partial charge < -0.3 is 10.2 Å². The molecule has 0 aliphatic heterocycles. The van der Waals surface area contributed by atoms with Crippen molar-refractivity contribution in [2.24, 2.45) is 5.92 Å². The Labute approximate surface area is 193 Å². The molecule has 2 N–H and O–H groups in total. The van der Waals surface area contributed by atoms with Gasteiger partial charge in [0, 0.05) is 23.5 Å². The van der Waals surface area contributed by atoms with Gasteiger partial charge in [0.2, 0.25) is 0 Å². The maximum Gasteiger partial charge on any atom is 0.155 e. The predicted octanol–water partition coefficient (Wildman–Crippen LogP) is 6.98. The van der Waals surface area contributed by atoms with E-state index in [4.69, 9.17) is 0 Å². The van der Waals surface area contributed by atoms with Crippen LogP contribution in [-0.2, 0) is 15.6 Å². The Kier molecular flexibility index (Phi) is 6.34. The molecule has 0 saturated carbocycles. The molecule has 1 aliphatic carbocycles. The Hall–Kier alpha value is -2.55. The standard InChI is InChI=1S/C29H38O3/c1-17-13-21(26(31)23(15-17)28(3,4)5)25(19-9-11-20(30)12-10-19)22-14-18(2)16-24(27(22)32)29(6,7)8/h9,11,13-16,19,25,31-32H,10,12H2,1-8H3. The highest BCUT2D eigenvalue weighted by Crippen LogP contribution is 2.49. The van der Waals surface area contributed by atoms with Gasteiger partial charge in [-0.25, -0.2) is 0 Å². The number of phenolic OH excluding ortho intramolecular Hbond substituents is 2. The van der Waals surface area contributed by atoms with Crippen LogP contribution < -0.4 is 0 Å². The van der Waals surface area contributed by atoms with Gasteiger partial charge in [-0.15, -0.1) is 0 Å². The molecular weight excluding hydrogens is 396 g/mol. The van der Waals surface area contributed by atoms with Gasteiger partial charge in [-0.1, -0.05) is 83.0 Å². The van der Waals surface area contributed by atoms with Crippen LogP contribution in [0.3, 0.4) is 0 Å². The Balaban J connectivity index is 2.35. The van der Waals surface area contributed by atoms with Crippen molar-refractivity contribution in [2.75, 3.05) is 0 Å². The third-order valence-electron chi connectivity index (χ3n) is 6.54. The van der Waals surface area contributed by atoms with E-state index in [1.165, 1.54) is 0 Å². The number of phenols is 2. The van der Waals surface area contributed by atoms with E-state index in [1.807, 2.05) is 44.2 Å². The molecule has 32 heavy (non-hydrogen) atoms. The first kappa shape index (κ1) is 24.1. The van der Waals surface area contributed by atoms with Crippen molar-refractivity contribution in [1.82, 2.24) is 0 Å². The Morgan fingerprint density at radius 3 is 1.59 bits per heavy atom. The molecule has 3 heteroatoms. The first-order chi connectivity index (χ1) is 14.7. The van der Waals surface area contributed by atoms with Gasteiger partial charge in [-0.3, -0.25) is 4.79 Å². The number of carbonyl (C=O) groups is 1. The number of hydrogen-bond donors (Lipinski definition) is 2. The average molecular weight is 435 g/mol. The fourth-order valence-corrected chi connectivity index (χ4v) is 4.86. The summed E-state index contributed by atoms with van der Waals surface area (Å²) in [4.78, 5) is 11.9. The van der Waals surface area contributed by atoms with Crippen LogP contribution in [0.2, 0.25) is 0 Å². The molecule has 0 amide bonds. The zero-order valence-electron chi connectivity index (χ0n) is 20.8. The summed E-state index contributed by atoms with van der Waals surface area (Å²) < 4.78 is 0. The normalized spacial score (nSPS) is 17.3. The van der Waals surface area contributed by atoms with Crippen LogP contribution in [0, 0.1) is 19.8 Å². The predicted molar refractivity (Wildman–Crippen MR) is 132 cm³/mol. The highest BCUT2D eigenvalue weighted by molar-refractivity contribution is 5.90. The maximum absolute atomic E-state index is 11.9. The summed E-state index contributed by atoms with van der Waals surface area (Å²) in [6.07, 6.45) is 4.80. The van der Waals surface area contributed by atoms with Crippen molar-refractivity contribution in [2.45, 2.75) is 85.0 Å². The van der Waals surface area contributed by atoms with E-state index in [-0.39, 0.29) is 39.9 Å². The zero-order valence-corrected chi connectivity index (χ0v) is 20.8. The van der Waals surface area contributed by atoms with Crippen molar-refractivity contribution in [3.8, 4) is 11.5 Å². The van der Waals surface area contributed by atoms with Crippen molar-refractivity contribution in [3.63, 3.8) is 0 Å². The fraction of sp³-hybridized carbons (Fsp3) is 0.483. The van der Waals surface area contributed by atoms with Crippen LogP contribution in [0.4, 0.5) is 0 Å². The third-order valence-corrected chi connectivity index (χ3v) is 6.54. The molecule has 0 bridgehead atoms. The molecule has 0 spiro atoms. The smallest absolute Gasteiger partial charge is 0.155 e. The monoisotopic (exact) mass is 434 g/mol. The van der Waals surface area contributed by atoms with Gasteiger partial charge in [0.1, 0.15) is 11.5 Å². The lowest BCUT2D eigenvalue weighted by Crippen LogP contribution is -2.21. The minimum atomic E-state index is -0.249. The number of benzene rings is 2. The quantitative estimate of drug-likeness (QED) is 0.548. The number of carbonyl (C=O) groups excluding carboxylic acids is 1. The molecule has 0 saturated heterocycles. The van der Waals surface area contributed by atoms with Crippen molar-refractivity contribution in [3.05, 3.63) is 69.8 Å². The molecule has 1 unspecified atom stereocenters. The van der Waals surface area contributed by atoms with E-state index in [0.717, 1.165) is 33.4 Å². The molecule has 172 valence electrons. The van der Waals surface area contributed by atoms with Crippen LogP contribution in [0.25, 0.3) is 0 Å². The van der Waals surface area contributed by atoms with Crippen LogP contribution in [-0.4, -0.2) is 16.0 Å². The molecule has 2 aromatic rings. The maximum atomic E-state index is 11.9. The van der Waals surface area contributed by atoms with E-state index in [1.54, 1.807) is 6.08 Å². The number of aryl methyl sites for hydroxylation is 2. The molecule has 0 radical (unpaired) electrons. The van der Waals surface area contributed by atoms with Crippen molar-refractivity contribution >= 4 is 5.78 Å². The van der Waals surface area contributed by atoms with Crippen LogP contribution in [0.15, 0.2) is 36.4 Å². The first-order valence-corrected chi connectivity index (χ1v) is 11.6. The number of ketones is 1. The Morgan fingerprint density at radius 2 is 1.25 bits per heavy atom. The van der Waals surface area contributed by atoms with Crippen molar-refractivity contribution in [1.29, 1.82) is 0 Å². The third kappa shape index (κ3) is 4.77. The molecule has 1 aliphatic rings. The van der Waals surface area contributed by atoms with Gasteiger partial charge in [-0.2, -0.15) is 0 Å². The summed E-state index contributed by atoms with van der Waals surface area (Å²) in [5, 5.41) is 23.0. The summed E-state index contributed by atoms with van der Waals surface area (Å²) in [5.41, 5.74) is 5.14. The van der Waals surface area contributed by atoms with E-state index in [9.17, 15) is 15.0 Å². The number of rotatable bonds is 3. The number of allylic oxidation sites excluding steroid dienone is 2. The molecule has 3 rings (SSSR count). The summed E-state index contributed by atoms with van der Waals surface area (Å²) in [6.45, 7) is 16.7. The topological polar surface area (TPSA) is 57.5 Å². The lowest BCUT2D eigenvalue weighted by Gasteiger charge is -2.33. The highest BCUT2D eigenvalue weighted by Gasteiger charge is 2.34. The zero-order chi connectivity index (χ0) is 24.0. The molecule has 2 aromatic carbocycles. The molecular formula is C29H38O3. The number of aromatic hydroxyl groups is 2. The minimum absolute atomic E-state index is 0.00809. The second-order valence-corrected chi connectivity index (χ2v) is 11.5. The number of hydrogen-bond acceptors (Lipinski definition) is 3. The lowest BCUT2D eigenvalue weighted by atomic mass is 9.72. The molecule has 0 aromatic heterocycles. The summed E-state index contributed by atoms with van der Waals surface area (Å²) in [7, 11) is 0. The SMILES string of the molecule is Cc1cc(C(c2cc(C)cc(C(C)(C)C)c2O)C2C=CC(=O)CC2)c(O)c(C(C)(C)C)c1. The van der Waals surface area contributed by atoms with Crippen LogP contribution in [0.1, 0.15) is 93.7 Å². The average Bonchev–Trinajstić information content (AvgIpc) is 2.66. The van der Waals surface area contributed by atoms with E-state index in [2.05, 4.69) is 41.5 Å². The van der Waals surface area contributed by atoms with Gasteiger partial charge >= 0.3 is 0 Å². The molecule has 0 fully saturated rings. The summed E-state index contributed by atoms with van der Waals surface area (Å²) in [6, 6.07) is 8.18. The largest absolute Gasteiger partial charge is 0.507 e. The van der Waals surface area contributed by atoms with Crippen LogP contribution >= 0.6 is 0 Å². The molecule has 1 atom stereocenters. The summed E-state index contributed by atoms with van der Waals surface area (Å²) >= 11 is 0. The minimum Gasteiger partial charge on any atom is -0.507 e. The van der Waals surface area contributed by atoms with Gasteiger partial charge in [0.15, 0.2) is 5.78 Å². The van der Waals surface area contributed by atoms with Crippen molar-refractivity contribution < 1.29 is 15.0 Å². The Bertz CT molecular complexity index is 992. The molecule has 0 heterocycles. The lowest BCUT2D eigenvalue weighted by molar-refractivity contribution is -0.115.